The Morgan fingerprint density at radius 3 is 2.85 bits per heavy atom. The molecule has 0 spiro atoms. The van der Waals surface area contributed by atoms with E-state index in [0.717, 1.165) is 11.1 Å². The Hall–Kier alpha value is -3.38. The van der Waals surface area contributed by atoms with Gasteiger partial charge in [0.15, 0.2) is 6.79 Å². The molecule has 0 unspecified atom stereocenters. The van der Waals surface area contributed by atoms with E-state index in [9.17, 15) is 9.59 Å². The summed E-state index contributed by atoms with van der Waals surface area (Å²) in [5.41, 5.74) is 2.54. The van der Waals surface area contributed by atoms with E-state index < -0.39 is 5.97 Å². The number of carbonyl (C=O) groups is 1. The molecule has 1 aliphatic heterocycles. The molecule has 0 atom stereocenters. The van der Waals surface area contributed by atoms with Crippen LogP contribution >= 0.6 is 22.9 Å². The average molecular weight is 483 g/mol. The van der Waals surface area contributed by atoms with Crippen LogP contribution in [0.15, 0.2) is 41.2 Å². The van der Waals surface area contributed by atoms with E-state index in [1.807, 2.05) is 0 Å². The van der Waals surface area contributed by atoms with Gasteiger partial charge in [0.05, 0.1) is 42.0 Å². The number of esters is 1. The van der Waals surface area contributed by atoms with Crippen LogP contribution in [0.5, 0.6) is 5.75 Å². The maximum Gasteiger partial charge on any atom is 0.333 e. The van der Waals surface area contributed by atoms with Gasteiger partial charge in [0, 0.05) is 16.1 Å². The Kier molecular flexibility index (Phi) is 6.94. The molecule has 1 aliphatic rings. The first-order valence-corrected chi connectivity index (χ1v) is 11.3. The van der Waals surface area contributed by atoms with Crippen molar-refractivity contribution in [1.29, 1.82) is 5.26 Å². The minimum Gasteiger partial charge on any atom is -0.467 e. The smallest absolute Gasteiger partial charge is 0.333 e. The molecule has 2 heterocycles. The average Bonchev–Trinajstić information content (AvgIpc) is 3.08. The molecule has 3 aromatic rings. The van der Waals surface area contributed by atoms with Crippen molar-refractivity contribution in [2.24, 2.45) is 0 Å². The van der Waals surface area contributed by atoms with Gasteiger partial charge >= 0.3 is 5.97 Å². The van der Waals surface area contributed by atoms with Gasteiger partial charge in [-0.05, 0) is 42.8 Å². The van der Waals surface area contributed by atoms with Crippen molar-refractivity contribution in [1.82, 2.24) is 4.57 Å². The van der Waals surface area contributed by atoms with E-state index in [4.69, 9.17) is 31.1 Å². The van der Waals surface area contributed by atoms with Crippen LogP contribution in [0.4, 0.5) is 0 Å². The maximum atomic E-state index is 13.3. The molecule has 1 aromatic heterocycles. The van der Waals surface area contributed by atoms with Crippen LogP contribution < -0.4 is 19.5 Å². The van der Waals surface area contributed by atoms with Crippen molar-refractivity contribution in [3.8, 4) is 11.8 Å². The lowest BCUT2D eigenvalue weighted by molar-refractivity contribution is -0.135. The van der Waals surface area contributed by atoms with Gasteiger partial charge in [0.25, 0.3) is 5.56 Å². The lowest BCUT2D eigenvalue weighted by atomic mass is 10.1. The highest BCUT2D eigenvalue weighted by Gasteiger charge is 2.18. The number of hydrogen-bond acceptors (Lipinski definition) is 7. The van der Waals surface area contributed by atoms with E-state index in [-0.39, 0.29) is 25.5 Å². The summed E-state index contributed by atoms with van der Waals surface area (Å²) in [4.78, 5) is 25.5. The van der Waals surface area contributed by atoms with E-state index in [1.165, 1.54) is 22.0 Å². The Bertz CT molecular complexity index is 1420. The minimum atomic E-state index is -0.532. The number of nitriles is 1. The number of hydrogen-bond donors (Lipinski definition) is 0. The van der Waals surface area contributed by atoms with Gasteiger partial charge in [-0.2, -0.15) is 5.26 Å². The Balaban J connectivity index is 1.84. The van der Waals surface area contributed by atoms with Gasteiger partial charge < -0.3 is 14.2 Å². The third kappa shape index (κ3) is 5.17. The van der Waals surface area contributed by atoms with Crippen LogP contribution in [0.1, 0.15) is 29.2 Å². The third-order valence-corrected chi connectivity index (χ3v) is 6.16. The zero-order chi connectivity index (χ0) is 23.4. The summed E-state index contributed by atoms with van der Waals surface area (Å²) in [7, 11) is 0. The molecule has 168 valence electrons. The monoisotopic (exact) mass is 482 g/mol. The zero-order valence-electron chi connectivity index (χ0n) is 17.7. The Labute approximate surface area is 198 Å². The second-order valence-electron chi connectivity index (χ2n) is 7.13. The van der Waals surface area contributed by atoms with Crippen molar-refractivity contribution in [3.05, 3.63) is 83.2 Å². The summed E-state index contributed by atoms with van der Waals surface area (Å²) >= 11 is 7.46. The number of ether oxygens (including phenoxy) is 3. The van der Waals surface area contributed by atoms with E-state index in [0.29, 0.717) is 37.7 Å². The molecule has 0 bridgehead atoms. The molecular formula is C24H19ClN2O5S. The van der Waals surface area contributed by atoms with E-state index >= 15 is 0 Å². The SMILES string of the molecule is CCOC(=O)/C=c1\s/c(=C\c2ccc(C#N)cc2)c(=O)n1Cc1cc(Cl)cc2c1OCOC2. The lowest BCUT2D eigenvalue weighted by Gasteiger charge is -2.21. The molecule has 2 aromatic carbocycles. The first-order chi connectivity index (χ1) is 16.0. The van der Waals surface area contributed by atoms with Gasteiger partial charge in [-0.15, -0.1) is 11.3 Å². The first-order valence-electron chi connectivity index (χ1n) is 10.1. The predicted octanol–water partition coefficient (Wildman–Crippen LogP) is 2.52. The van der Waals surface area contributed by atoms with Gasteiger partial charge in [-0.3, -0.25) is 9.36 Å². The number of benzene rings is 2. The topological polar surface area (TPSA) is 90.6 Å². The van der Waals surface area contributed by atoms with Crippen LogP contribution in [-0.4, -0.2) is 23.9 Å². The molecule has 0 N–H and O–H groups in total. The molecule has 0 saturated carbocycles. The summed E-state index contributed by atoms with van der Waals surface area (Å²) in [6.45, 7) is 2.57. The number of fused-ring (bicyclic) bond motifs is 1. The lowest BCUT2D eigenvalue weighted by Crippen LogP contribution is -2.32. The normalized spacial score (nSPS) is 13.8. The zero-order valence-corrected chi connectivity index (χ0v) is 19.2. The summed E-state index contributed by atoms with van der Waals surface area (Å²) in [5, 5.41) is 9.49. The van der Waals surface area contributed by atoms with E-state index in [1.54, 1.807) is 49.4 Å². The highest BCUT2D eigenvalue weighted by Crippen LogP contribution is 2.31. The molecular weight excluding hydrogens is 464 g/mol. The van der Waals surface area contributed by atoms with Crippen LogP contribution in [-0.2, 0) is 27.4 Å². The van der Waals surface area contributed by atoms with Gasteiger partial charge in [0.1, 0.15) is 10.4 Å². The maximum absolute atomic E-state index is 13.3. The standard InChI is InChI=1S/C24H19ClN2O5S/c1-2-31-22(28)10-21-27(12-17-8-19(25)9-18-13-30-14-32-23(17)18)24(29)20(33-21)7-15-3-5-16(11-26)6-4-15/h3-10H,2,12-14H2,1H3/b20-7-,21-10-. The number of nitrogens with zero attached hydrogens (tertiary/aromatic N) is 2. The Morgan fingerprint density at radius 2 is 2.12 bits per heavy atom. The van der Waals surface area contributed by atoms with Crippen molar-refractivity contribution < 1.29 is 19.0 Å². The highest BCUT2D eigenvalue weighted by atomic mass is 35.5. The molecule has 0 radical (unpaired) electrons. The molecule has 9 heteroatoms. The molecule has 33 heavy (non-hydrogen) atoms. The largest absolute Gasteiger partial charge is 0.467 e. The number of rotatable bonds is 5. The fraction of sp³-hybridized carbons (Fsp3) is 0.208. The van der Waals surface area contributed by atoms with Gasteiger partial charge in [-0.1, -0.05) is 23.7 Å². The third-order valence-electron chi connectivity index (χ3n) is 4.88. The fourth-order valence-electron chi connectivity index (χ4n) is 3.43. The summed E-state index contributed by atoms with van der Waals surface area (Å²) in [5.74, 6) is 0.0960. The number of aromatic nitrogens is 1. The number of halogens is 1. The number of carbonyl (C=O) groups excluding carboxylic acids is 1. The van der Waals surface area contributed by atoms with Crippen molar-refractivity contribution in [3.63, 3.8) is 0 Å². The first kappa shape index (κ1) is 22.8. The Morgan fingerprint density at radius 1 is 1.33 bits per heavy atom. The summed E-state index contributed by atoms with van der Waals surface area (Å²) < 4.78 is 18.4. The van der Waals surface area contributed by atoms with Gasteiger partial charge in [-0.25, -0.2) is 4.79 Å². The van der Waals surface area contributed by atoms with Crippen LogP contribution in [0.25, 0.3) is 12.2 Å². The minimum absolute atomic E-state index is 0.111. The molecule has 0 aliphatic carbocycles. The molecule has 4 rings (SSSR count). The highest BCUT2D eigenvalue weighted by molar-refractivity contribution is 7.07. The van der Waals surface area contributed by atoms with Crippen molar-refractivity contribution in [2.75, 3.05) is 13.4 Å². The predicted molar refractivity (Wildman–Crippen MR) is 124 cm³/mol. The number of thiazole rings is 1. The molecule has 0 amide bonds. The van der Waals surface area contributed by atoms with Crippen molar-refractivity contribution >= 4 is 41.1 Å². The van der Waals surface area contributed by atoms with Crippen LogP contribution in [0, 0.1) is 11.3 Å². The van der Waals surface area contributed by atoms with Crippen molar-refractivity contribution in [2.45, 2.75) is 20.1 Å². The second-order valence-corrected chi connectivity index (χ2v) is 8.63. The fourth-order valence-corrected chi connectivity index (χ4v) is 4.72. The van der Waals surface area contributed by atoms with Crippen LogP contribution in [0.3, 0.4) is 0 Å². The molecule has 7 nitrogen and oxygen atoms in total. The summed E-state index contributed by atoms with van der Waals surface area (Å²) in [6.07, 6.45) is 3.04. The quantitative estimate of drug-likeness (QED) is 0.519. The van der Waals surface area contributed by atoms with Crippen LogP contribution in [0.2, 0.25) is 5.02 Å². The molecule has 0 fully saturated rings. The summed E-state index contributed by atoms with van der Waals surface area (Å²) in [6, 6.07) is 12.5. The second kappa shape index (κ2) is 10.0. The van der Waals surface area contributed by atoms with Gasteiger partial charge in [0.2, 0.25) is 0 Å². The van der Waals surface area contributed by atoms with E-state index in [2.05, 4.69) is 6.07 Å². The molecule has 0 saturated heterocycles.